The molecule has 1 aliphatic carbocycles. The van der Waals surface area contributed by atoms with Crippen molar-refractivity contribution in [1.82, 2.24) is 10.3 Å². The van der Waals surface area contributed by atoms with Gasteiger partial charge in [-0.2, -0.15) is 0 Å². The van der Waals surface area contributed by atoms with Gasteiger partial charge in [-0.1, -0.05) is 36.4 Å². The Labute approximate surface area is 182 Å². The lowest BCUT2D eigenvalue weighted by atomic mass is 9.73. The molecule has 1 N–H and O–H groups in total. The third-order valence-corrected chi connectivity index (χ3v) is 5.82. The van der Waals surface area contributed by atoms with Gasteiger partial charge in [0.2, 0.25) is 0 Å². The number of hydrogen-bond acceptors (Lipinski definition) is 6. The van der Waals surface area contributed by atoms with Crippen molar-refractivity contribution in [1.29, 1.82) is 0 Å². The predicted octanol–water partition coefficient (Wildman–Crippen LogP) is 3.63. The zero-order valence-electron chi connectivity index (χ0n) is 17.8. The Bertz CT molecular complexity index is 1030. The molecule has 0 unspecified atom stereocenters. The molecule has 2 heterocycles. The van der Waals surface area contributed by atoms with Gasteiger partial charge in [0, 0.05) is 36.7 Å². The average molecular weight is 418 g/mol. The van der Waals surface area contributed by atoms with Crippen molar-refractivity contribution >= 4 is 11.8 Å². The number of nitrogens with zero attached hydrogens (tertiary/aromatic N) is 1. The molecule has 6 heteroatoms. The number of benzene rings is 1. The Hall–Kier alpha value is -3.25. The number of methoxy groups -OCH3 is 1. The molecule has 2 aromatic rings. The maximum atomic E-state index is 13.4. The minimum atomic E-state index is -0.545. The number of rotatable bonds is 6. The van der Waals surface area contributed by atoms with Gasteiger partial charge < -0.3 is 14.8 Å². The van der Waals surface area contributed by atoms with Crippen molar-refractivity contribution in [2.75, 3.05) is 20.3 Å². The van der Waals surface area contributed by atoms with Crippen LogP contribution in [-0.2, 0) is 19.1 Å². The fourth-order valence-electron chi connectivity index (χ4n) is 4.41. The van der Waals surface area contributed by atoms with Gasteiger partial charge in [0.1, 0.15) is 6.61 Å². The van der Waals surface area contributed by atoms with Crippen LogP contribution in [0, 0.1) is 0 Å². The van der Waals surface area contributed by atoms with Crippen LogP contribution in [0.3, 0.4) is 0 Å². The third-order valence-electron chi connectivity index (χ3n) is 5.82. The average Bonchev–Trinajstić information content (AvgIpc) is 2.79. The Morgan fingerprint density at radius 1 is 1.10 bits per heavy atom. The number of esters is 1. The molecule has 4 rings (SSSR count). The number of carbonyl (C=O) groups is 2. The van der Waals surface area contributed by atoms with E-state index in [1.165, 1.54) is 0 Å². The quantitative estimate of drug-likeness (QED) is 0.570. The second-order valence-corrected chi connectivity index (χ2v) is 7.81. The lowest BCUT2D eigenvalue weighted by Crippen LogP contribution is -2.36. The topological polar surface area (TPSA) is 77.5 Å². The Morgan fingerprint density at radius 3 is 2.58 bits per heavy atom. The molecule has 0 bridgehead atoms. The standard InChI is InChI=1S/C25H26N2O4/c1-16-22(25(29)31-13-12-30-2)24(19-10-6-7-11-26-19)23-20(27-16)14-18(15-21(23)28)17-8-4-3-5-9-17/h3-11,18,24,27H,12-15H2,1-2H3/t18-,24-/m0/s1. The van der Waals surface area contributed by atoms with Crippen molar-refractivity contribution in [3.05, 3.63) is 88.5 Å². The number of dihydropyridines is 1. The fourth-order valence-corrected chi connectivity index (χ4v) is 4.41. The Morgan fingerprint density at radius 2 is 1.87 bits per heavy atom. The van der Waals surface area contributed by atoms with Gasteiger partial charge in [-0.05, 0) is 37.0 Å². The largest absolute Gasteiger partial charge is 0.460 e. The van der Waals surface area contributed by atoms with E-state index in [9.17, 15) is 9.59 Å². The minimum absolute atomic E-state index is 0.0351. The SMILES string of the molecule is COCCOC(=O)C1=C(C)NC2=C(C(=O)C[C@@H](c3ccccc3)C2)[C@H]1c1ccccn1. The molecular formula is C25H26N2O4. The number of carbonyl (C=O) groups excluding carboxylic acids is 2. The first-order chi connectivity index (χ1) is 15.1. The van der Waals surface area contributed by atoms with Crippen molar-refractivity contribution in [2.45, 2.75) is 31.6 Å². The molecule has 1 aromatic heterocycles. The van der Waals surface area contributed by atoms with E-state index in [0.717, 1.165) is 11.3 Å². The van der Waals surface area contributed by atoms with E-state index >= 15 is 0 Å². The number of hydrogen-bond donors (Lipinski definition) is 1. The van der Waals surface area contributed by atoms with Crippen molar-refractivity contribution in [3.8, 4) is 0 Å². The molecule has 2 atom stereocenters. The molecule has 0 saturated heterocycles. The van der Waals surface area contributed by atoms with Crippen LogP contribution in [0.5, 0.6) is 0 Å². The van der Waals surface area contributed by atoms with E-state index < -0.39 is 11.9 Å². The number of ketones is 1. The normalized spacial score (nSPS) is 20.9. The molecule has 1 aromatic carbocycles. The van der Waals surface area contributed by atoms with E-state index in [4.69, 9.17) is 9.47 Å². The summed E-state index contributed by atoms with van der Waals surface area (Å²) in [6.07, 6.45) is 2.79. The molecule has 0 fully saturated rings. The van der Waals surface area contributed by atoms with E-state index in [1.807, 2.05) is 43.3 Å². The maximum absolute atomic E-state index is 13.4. The lowest BCUT2D eigenvalue weighted by molar-refractivity contribution is -0.140. The summed E-state index contributed by atoms with van der Waals surface area (Å²) in [7, 11) is 1.55. The second kappa shape index (κ2) is 9.27. The Kier molecular flexibility index (Phi) is 6.28. The molecule has 1 aliphatic heterocycles. The Balaban J connectivity index is 1.73. The predicted molar refractivity (Wildman–Crippen MR) is 116 cm³/mol. The number of nitrogens with one attached hydrogen (secondary N) is 1. The molecule has 0 spiro atoms. The third kappa shape index (κ3) is 4.30. The molecule has 31 heavy (non-hydrogen) atoms. The summed E-state index contributed by atoms with van der Waals surface area (Å²) in [4.78, 5) is 30.9. The van der Waals surface area contributed by atoms with Crippen molar-refractivity contribution in [3.63, 3.8) is 0 Å². The highest BCUT2D eigenvalue weighted by Crippen LogP contribution is 2.45. The summed E-state index contributed by atoms with van der Waals surface area (Å²) in [6, 6.07) is 15.6. The van der Waals surface area contributed by atoms with Crippen LogP contribution >= 0.6 is 0 Å². The first kappa shape index (κ1) is 21.0. The molecule has 0 amide bonds. The van der Waals surface area contributed by atoms with Crippen LogP contribution in [0.1, 0.15) is 42.9 Å². The molecule has 0 radical (unpaired) electrons. The minimum Gasteiger partial charge on any atom is -0.460 e. The second-order valence-electron chi connectivity index (χ2n) is 7.81. The van der Waals surface area contributed by atoms with Crippen LogP contribution in [0.25, 0.3) is 0 Å². The molecule has 0 saturated carbocycles. The van der Waals surface area contributed by atoms with Gasteiger partial charge in [0.15, 0.2) is 5.78 Å². The van der Waals surface area contributed by atoms with E-state index in [1.54, 1.807) is 13.3 Å². The first-order valence-corrected chi connectivity index (χ1v) is 10.5. The molecule has 160 valence electrons. The van der Waals surface area contributed by atoms with Gasteiger partial charge in [0.25, 0.3) is 0 Å². The zero-order chi connectivity index (χ0) is 21.8. The smallest absolute Gasteiger partial charge is 0.336 e. The summed E-state index contributed by atoms with van der Waals surface area (Å²) in [6.45, 7) is 2.31. The van der Waals surface area contributed by atoms with Crippen molar-refractivity contribution in [2.24, 2.45) is 0 Å². The zero-order valence-corrected chi connectivity index (χ0v) is 17.8. The summed E-state index contributed by atoms with van der Waals surface area (Å²) in [5.74, 6) is -0.862. The van der Waals surface area contributed by atoms with E-state index in [2.05, 4.69) is 22.4 Å². The number of pyridine rings is 1. The van der Waals surface area contributed by atoms with Crippen LogP contribution in [0.4, 0.5) is 0 Å². The van der Waals surface area contributed by atoms with Crippen LogP contribution in [-0.4, -0.2) is 37.1 Å². The van der Waals surface area contributed by atoms with Gasteiger partial charge >= 0.3 is 5.97 Å². The van der Waals surface area contributed by atoms with Crippen LogP contribution < -0.4 is 5.32 Å². The van der Waals surface area contributed by atoms with E-state index in [-0.39, 0.29) is 18.3 Å². The van der Waals surface area contributed by atoms with Crippen molar-refractivity contribution < 1.29 is 19.1 Å². The van der Waals surface area contributed by atoms with E-state index in [0.29, 0.717) is 42.0 Å². The monoisotopic (exact) mass is 418 g/mol. The van der Waals surface area contributed by atoms with Crippen LogP contribution in [0.15, 0.2) is 77.3 Å². The summed E-state index contributed by atoms with van der Waals surface area (Å²) in [5, 5.41) is 3.35. The molecular weight excluding hydrogens is 392 g/mol. The summed E-state index contributed by atoms with van der Waals surface area (Å²) in [5.41, 5.74) is 4.42. The van der Waals surface area contributed by atoms with Gasteiger partial charge in [-0.25, -0.2) is 4.79 Å². The van der Waals surface area contributed by atoms with Crippen LogP contribution in [0.2, 0.25) is 0 Å². The summed E-state index contributed by atoms with van der Waals surface area (Å²) >= 11 is 0. The van der Waals surface area contributed by atoms with Gasteiger partial charge in [0.05, 0.1) is 23.8 Å². The number of allylic oxidation sites excluding steroid dienone is 3. The highest BCUT2D eigenvalue weighted by molar-refractivity contribution is 6.04. The van der Waals surface area contributed by atoms with Gasteiger partial charge in [-0.3, -0.25) is 9.78 Å². The maximum Gasteiger partial charge on any atom is 0.336 e. The molecule has 2 aliphatic rings. The highest BCUT2D eigenvalue weighted by Gasteiger charge is 2.41. The summed E-state index contributed by atoms with van der Waals surface area (Å²) < 4.78 is 10.4. The number of Topliss-reactive ketones (excluding diaryl/α,β-unsaturated/α-hetero) is 1. The number of ether oxygens (including phenoxy) is 2. The number of aromatic nitrogens is 1. The van der Waals surface area contributed by atoms with Gasteiger partial charge in [-0.15, -0.1) is 0 Å². The molecule has 6 nitrogen and oxygen atoms in total. The lowest BCUT2D eigenvalue weighted by Gasteiger charge is -2.36. The first-order valence-electron chi connectivity index (χ1n) is 10.5. The fraction of sp³-hybridized carbons (Fsp3) is 0.320. The highest BCUT2D eigenvalue weighted by atomic mass is 16.6.